The largest absolute Gasteiger partial charge is 0.507 e. The van der Waals surface area contributed by atoms with Crippen molar-refractivity contribution in [2.75, 3.05) is 0 Å². The van der Waals surface area contributed by atoms with Crippen molar-refractivity contribution in [1.82, 2.24) is 10.4 Å². The lowest BCUT2D eigenvalue weighted by Gasteiger charge is -2.17. The van der Waals surface area contributed by atoms with E-state index >= 15 is 0 Å². The molecule has 112 valence electrons. The molecule has 2 aromatic rings. The van der Waals surface area contributed by atoms with Crippen LogP contribution in [0.2, 0.25) is 0 Å². The number of aromatic hydroxyl groups is 3. The van der Waals surface area contributed by atoms with E-state index in [1.807, 2.05) is 0 Å². The molecular weight excluding hydrogens is 288 g/mol. The van der Waals surface area contributed by atoms with Gasteiger partial charge in [-0.25, -0.2) is 5.01 Å². The SMILES string of the molecule is O=C(NN1Cc2ccc(O)c(O)c2C1=O)c1ccccc1O. The van der Waals surface area contributed by atoms with Crippen LogP contribution in [0.5, 0.6) is 17.2 Å². The number of amides is 2. The highest BCUT2D eigenvalue weighted by atomic mass is 16.3. The van der Waals surface area contributed by atoms with E-state index in [1.54, 1.807) is 12.1 Å². The smallest absolute Gasteiger partial charge is 0.276 e. The Hall–Kier alpha value is -3.22. The number of rotatable bonds is 2. The van der Waals surface area contributed by atoms with E-state index in [2.05, 4.69) is 5.43 Å². The van der Waals surface area contributed by atoms with Gasteiger partial charge in [-0.1, -0.05) is 18.2 Å². The van der Waals surface area contributed by atoms with Crippen molar-refractivity contribution in [3.8, 4) is 17.2 Å². The van der Waals surface area contributed by atoms with Crippen molar-refractivity contribution < 1.29 is 24.9 Å². The highest BCUT2D eigenvalue weighted by Gasteiger charge is 2.33. The van der Waals surface area contributed by atoms with E-state index < -0.39 is 23.3 Å². The van der Waals surface area contributed by atoms with Crippen LogP contribution < -0.4 is 5.43 Å². The summed E-state index contributed by atoms with van der Waals surface area (Å²) in [5, 5.41) is 29.8. The van der Waals surface area contributed by atoms with Crippen molar-refractivity contribution >= 4 is 11.8 Å². The molecular formula is C15H12N2O5. The number of carbonyl (C=O) groups is 2. The van der Waals surface area contributed by atoms with E-state index in [4.69, 9.17) is 0 Å². The number of carbonyl (C=O) groups excluding carboxylic acids is 2. The van der Waals surface area contributed by atoms with Crippen LogP contribution in [0.15, 0.2) is 36.4 Å². The number of fused-ring (bicyclic) bond motifs is 1. The van der Waals surface area contributed by atoms with Crippen molar-refractivity contribution in [2.24, 2.45) is 0 Å². The highest BCUT2D eigenvalue weighted by Crippen LogP contribution is 2.36. The van der Waals surface area contributed by atoms with Gasteiger partial charge in [-0.05, 0) is 23.8 Å². The zero-order chi connectivity index (χ0) is 15.9. The average molecular weight is 300 g/mol. The zero-order valence-electron chi connectivity index (χ0n) is 11.3. The molecule has 0 saturated heterocycles. The summed E-state index contributed by atoms with van der Waals surface area (Å²) in [5.41, 5.74) is 2.84. The van der Waals surface area contributed by atoms with Crippen LogP contribution in [0.25, 0.3) is 0 Å². The topological polar surface area (TPSA) is 110 Å². The Kier molecular flexibility index (Phi) is 3.10. The number of hydrogen-bond donors (Lipinski definition) is 4. The van der Waals surface area contributed by atoms with Crippen LogP contribution in [-0.2, 0) is 6.54 Å². The van der Waals surface area contributed by atoms with E-state index in [0.29, 0.717) is 5.56 Å². The Bertz CT molecular complexity index is 787. The van der Waals surface area contributed by atoms with Crippen molar-refractivity contribution in [1.29, 1.82) is 0 Å². The minimum atomic E-state index is -0.650. The molecule has 0 atom stereocenters. The Morgan fingerprint density at radius 2 is 1.77 bits per heavy atom. The summed E-state index contributed by atoms with van der Waals surface area (Å²) in [5.74, 6) is -2.40. The Balaban J connectivity index is 1.84. The Morgan fingerprint density at radius 1 is 1.05 bits per heavy atom. The molecule has 2 aromatic carbocycles. The predicted molar refractivity (Wildman–Crippen MR) is 75.2 cm³/mol. The van der Waals surface area contributed by atoms with Crippen LogP contribution in [0.1, 0.15) is 26.3 Å². The van der Waals surface area contributed by atoms with Gasteiger partial charge in [0.15, 0.2) is 11.5 Å². The summed E-state index contributed by atoms with van der Waals surface area (Å²) in [6.07, 6.45) is 0. The first-order chi connectivity index (χ1) is 10.5. The number of hydrazine groups is 1. The lowest BCUT2D eigenvalue weighted by Crippen LogP contribution is -2.42. The van der Waals surface area contributed by atoms with Crippen molar-refractivity contribution in [3.05, 3.63) is 53.1 Å². The zero-order valence-corrected chi connectivity index (χ0v) is 11.3. The molecule has 1 aliphatic rings. The van der Waals surface area contributed by atoms with Crippen LogP contribution in [-0.4, -0.2) is 32.1 Å². The minimum absolute atomic E-state index is 0.0262. The monoisotopic (exact) mass is 300 g/mol. The minimum Gasteiger partial charge on any atom is -0.507 e. The molecule has 0 bridgehead atoms. The van der Waals surface area contributed by atoms with E-state index in [0.717, 1.165) is 5.01 Å². The molecule has 0 spiro atoms. The third-order valence-electron chi connectivity index (χ3n) is 3.42. The molecule has 7 nitrogen and oxygen atoms in total. The standard InChI is InChI=1S/C15H12N2O5/c18-10-4-2-1-3-9(10)14(21)16-17-7-8-5-6-11(19)13(20)12(8)15(17)22/h1-6,18-20H,7H2,(H,16,21). The maximum atomic E-state index is 12.2. The predicted octanol–water partition coefficient (Wildman–Crippen LogP) is 1.10. The van der Waals surface area contributed by atoms with E-state index in [9.17, 15) is 24.9 Å². The molecule has 0 aromatic heterocycles. The molecule has 1 heterocycles. The highest BCUT2D eigenvalue weighted by molar-refractivity contribution is 6.04. The summed E-state index contributed by atoms with van der Waals surface area (Å²) in [6, 6.07) is 8.70. The van der Waals surface area contributed by atoms with Gasteiger partial charge >= 0.3 is 0 Å². The van der Waals surface area contributed by atoms with Gasteiger partial charge < -0.3 is 15.3 Å². The Morgan fingerprint density at radius 3 is 2.50 bits per heavy atom. The number of phenolic OH excluding ortho intramolecular Hbond substituents is 3. The first-order valence-corrected chi connectivity index (χ1v) is 6.43. The summed E-state index contributed by atoms with van der Waals surface area (Å²) >= 11 is 0. The summed E-state index contributed by atoms with van der Waals surface area (Å²) in [4.78, 5) is 24.3. The van der Waals surface area contributed by atoms with Gasteiger partial charge in [-0.3, -0.25) is 15.0 Å². The number of nitrogens with one attached hydrogen (secondary N) is 1. The number of nitrogens with zero attached hydrogens (tertiary/aromatic N) is 1. The molecule has 3 rings (SSSR count). The second kappa shape index (κ2) is 4.96. The maximum absolute atomic E-state index is 12.2. The van der Waals surface area contributed by atoms with Crippen molar-refractivity contribution in [3.63, 3.8) is 0 Å². The molecule has 0 radical (unpaired) electrons. The maximum Gasteiger partial charge on any atom is 0.276 e. The fourth-order valence-corrected chi connectivity index (χ4v) is 2.31. The van der Waals surface area contributed by atoms with Crippen LogP contribution >= 0.6 is 0 Å². The molecule has 7 heteroatoms. The van der Waals surface area contributed by atoms with E-state index in [1.165, 1.54) is 24.3 Å². The number of benzene rings is 2. The van der Waals surface area contributed by atoms with Crippen LogP contribution in [0.3, 0.4) is 0 Å². The molecule has 0 unspecified atom stereocenters. The second-order valence-electron chi connectivity index (χ2n) is 4.82. The van der Waals surface area contributed by atoms with Crippen LogP contribution in [0.4, 0.5) is 0 Å². The van der Waals surface area contributed by atoms with Gasteiger partial charge in [0.2, 0.25) is 0 Å². The Labute approximate surface area is 125 Å². The van der Waals surface area contributed by atoms with Gasteiger partial charge in [0.25, 0.3) is 11.8 Å². The average Bonchev–Trinajstić information content (AvgIpc) is 2.80. The third-order valence-corrected chi connectivity index (χ3v) is 3.42. The third kappa shape index (κ3) is 2.08. The van der Waals surface area contributed by atoms with Gasteiger partial charge in [0.05, 0.1) is 17.7 Å². The quantitative estimate of drug-likeness (QED) is 0.621. The molecule has 0 saturated carbocycles. The van der Waals surface area contributed by atoms with Gasteiger partial charge in [-0.2, -0.15) is 0 Å². The molecule has 0 aliphatic carbocycles. The number of phenols is 3. The van der Waals surface area contributed by atoms with Gasteiger partial charge in [-0.15, -0.1) is 0 Å². The van der Waals surface area contributed by atoms with Gasteiger partial charge in [0, 0.05) is 0 Å². The first-order valence-electron chi connectivity index (χ1n) is 6.43. The van der Waals surface area contributed by atoms with E-state index in [-0.39, 0.29) is 23.4 Å². The molecule has 4 N–H and O–H groups in total. The van der Waals surface area contributed by atoms with Crippen molar-refractivity contribution in [2.45, 2.75) is 6.54 Å². The summed E-state index contributed by atoms with van der Waals surface area (Å²) in [7, 11) is 0. The number of hydrogen-bond acceptors (Lipinski definition) is 5. The summed E-state index contributed by atoms with van der Waals surface area (Å²) in [6.45, 7) is 0.0569. The fourth-order valence-electron chi connectivity index (χ4n) is 2.31. The molecule has 2 amide bonds. The molecule has 22 heavy (non-hydrogen) atoms. The fraction of sp³-hybridized carbons (Fsp3) is 0.0667. The lowest BCUT2D eigenvalue weighted by atomic mass is 10.1. The number of para-hydroxylation sites is 1. The second-order valence-corrected chi connectivity index (χ2v) is 4.82. The molecule has 1 aliphatic heterocycles. The first kappa shape index (κ1) is 13.7. The lowest BCUT2D eigenvalue weighted by molar-refractivity contribution is 0.0599. The normalized spacial score (nSPS) is 13.1. The van der Waals surface area contributed by atoms with Gasteiger partial charge in [0.1, 0.15) is 5.75 Å². The van der Waals surface area contributed by atoms with Crippen LogP contribution in [0, 0.1) is 0 Å². The summed E-state index contributed by atoms with van der Waals surface area (Å²) < 4.78 is 0. The molecule has 0 fully saturated rings.